The molecule has 0 aromatic heterocycles. The summed E-state index contributed by atoms with van der Waals surface area (Å²) in [6, 6.07) is 21.7. The number of aliphatic hydroxyl groups excluding tert-OH is 1. The van der Waals surface area contributed by atoms with Gasteiger partial charge in [0.1, 0.15) is 36.6 Å². The fourth-order valence-electron chi connectivity index (χ4n) is 8.73. The molecule has 6 atom stereocenters. The van der Waals surface area contributed by atoms with E-state index in [1.807, 2.05) is 54.6 Å². The van der Waals surface area contributed by atoms with Gasteiger partial charge in [-0.25, -0.2) is 14.4 Å². The number of rotatable bonds is 15. The minimum atomic E-state index is -1.08. The van der Waals surface area contributed by atoms with Crippen LogP contribution in [0.3, 0.4) is 0 Å². The van der Waals surface area contributed by atoms with E-state index in [4.69, 9.17) is 28.4 Å². The number of carbonyl (C=O) groups excluding carboxylic acids is 6. The maximum atomic E-state index is 14.8. The number of fused-ring (bicyclic) bond motifs is 2. The van der Waals surface area contributed by atoms with Gasteiger partial charge < -0.3 is 43.7 Å². The second-order valence-electron chi connectivity index (χ2n) is 19.0. The molecule has 2 aliphatic carbocycles. The van der Waals surface area contributed by atoms with Crippen LogP contribution in [0.4, 0.5) is 0 Å². The van der Waals surface area contributed by atoms with Crippen LogP contribution < -0.4 is 5.32 Å². The molecule has 0 radical (unpaired) electrons. The second kappa shape index (κ2) is 19.7. The topological polar surface area (TPSA) is 193 Å². The number of nitrogens with one attached hydrogen (secondary N) is 1. The third-order valence-corrected chi connectivity index (χ3v) is 12.1. The van der Waals surface area contributed by atoms with Crippen LogP contribution in [-0.4, -0.2) is 114 Å². The van der Waals surface area contributed by atoms with Crippen LogP contribution in [0, 0.1) is 5.41 Å². The zero-order valence-corrected chi connectivity index (χ0v) is 38.2. The van der Waals surface area contributed by atoms with Crippen LogP contribution in [0.2, 0.25) is 0 Å². The second-order valence-corrected chi connectivity index (χ2v) is 19.0. The maximum absolute atomic E-state index is 14.8. The van der Waals surface area contributed by atoms with E-state index in [0.29, 0.717) is 18.4 Å². The van der Waals surface area contributed by atoms with Crippen LogP contribution in [0.1, 0.15) is 86.5 Å². The maximum Gasteiger partial charge on any atom is 0.348 e. The number of benzene rings is 3. The van der Waals surface area contributed by atoms with Crippen molar-refractivity contribution in [2.45, 2.75) is 121 Å². The van der Waals surface area contributed by atoms with Crippen molar-refractivity contribution < 1.29 is 62.3 Å². The van der Waals surface area contributed by atoms with Crippen LogP contribution in [-0.2, 0) is 71.7 Å². The van der Waals surface area contributed by atoms with Gasteiger partial charge in [0.05, 0.1) is 18.2 Å². The Hall–Kier alpha value is -6.16. The first-order chi connectivity index (χ1) is 31.3. The lowest BCUT2D eigenvalue weighted by Crippen LogP contribution is -2.53. The molecule has 0 saturated carbocycles. The van der Waals surface area contributed by atoms with E-state index in [2.05, 4.69) is 5.32 Å². The van der Waals surface area contributed by atoms with Crippen molar-refractivity contribution in [3.8, 4) is 0 Å². The van der Waals surface area contributed by atoms with Crippen molar-refractivity contribution in [3.63, 3.8) is 0 Å². The molecule has 3 aromatic carbocycles. The van der Waals surface area contributed by atoms with E-state index >= 15 is 0 Å². The first kappa shape index (κ1) is 47.8. The van der Waals surface area contributed by atoms with Gasteiger partial charge in [0.15, 0.2) is 5.79 Å². The van der Waals surface area contributed by atoms with Gasteiger partial charge >= 0.3 is 23.9 Å². The largest absolute Gasteiger partial charge is 0.462 e. The molecule has 350 valence electrons. The first-order valence-corrected chi connectivity index (χ1v) is 22.3. The predicted octanol–water partition coefficient (Wildman–Crippen LogP) is 5.00. The first-order valence-electron chi connectivity index (χ1n) is 22.3. The molecule has 6 unspecified atom stereocenters. The van der Waals surface area contributed by atoms with Crippen molar-refractivity contribution in [3.05, 3.63) is 124 Å². The van der Waals surface area contributed by atoms with Crippen molar-refractivity contribution in [2.75, 3.05) is 20.3 Å². The van der Waals surface area contributed by atoms with Crippen molar-refractivity contribution in [2.24, 2.45) is 5.41 Å². The van der Waals surface area contributed by atoms with Gasteiger partial charge in [0.25, 0.3) is 0 Å². The van der Waals surface area contributed by atoms with E-state index in [1.165, 1.54) is 18.0 Å². The molecule has 2 amide bonds. The Kier molecular flexibility index (Phi) is 14.3. The van der Waals surface area contributed by atoms with Gasteiger partial charge in [0.2, 0.25) is 17.9 Å². The molecule has 1 spiro atoms. The van der Waals surface area contributed by atoms with Gasteiger partial charge in [-0.3, -0.25) is 14.4 Å². The monoisotopic (exact) mass is 906 g/mol. The van der Waals surface area contributed by atoms with E-state index in [-0.39, 0.29) is 43.4 Å². The molecule has 0 bridgehead atoms. The molecule has 2 saturated heterocycles. The van der Waals surface area contributed by atoms with Gasteiger partial charge in [-0.1, -0.05) is 86.6 Å². The zero-order valence-electron chi connectivity index (χ0n) is 38.2. The highest BCUT2D eigenvalue weighted by Crippen LogP contribution is 2.45. The molecule has 2 aliphatic heterocycles. The minimum Gasteiger partial charge on any atom is -0.462 e. The molecule has 15 heteroatoms. The number of hydrogen-bond donors (Lipinski definition) is 2. The molecule has 3 aromatic rings. The molecule has 15 nitrogen and oxygen atoms in total. The number of hydrogen-bond acceptors (Lipinski definition) is 13. The van der Waals surface area contributed by atoms with Crippen molar-refractivity contribution >= 4 is 41.8 Å². The fraction of sp³-hybridized carbons (Fsp3) is 0.451. The molecular weight excluding hydrogens is 849 g/mol. The third-order valence-electron chi connectivity index (χ3n) is 12.1. The number of cyclic esters (lactones) is 1. The Bertz CT molecular complexity index is 2360. The lowest BCUT2D eigenvalue weighted by molar-refractivity contribution is -0.172. The fourth-order valence-corrected chi connectivity index (χ4v) is 8.73. The summed E-state index contributed by atoms with van der Waals surface area (Å²) in [4.78, 5) is 82.1. The van der Waals surface area contributed by atoms with Crippen molar-refractivity contribution in [1.82, 2.24) is 10.2 Å². The summed E-state index contributed by atoms with van der Waals surface area (Å²) >= 11 is 0. The lowest BCUT2D eigenvalue weighted by atomic mass is 9.90. The minimum absolute atomic E-state index is 0.0463. The van der Waals surface area contributed by atoms with E-state index in [0.717, 1.165) is 22.8 Å². The third kappa shape index (κ3) is 11.3. The smallest absolute Gasteiger partial charge is 0.348 e. The highest BCUT2D eigenvalue weighted by molar-refractivity contribution is 5.98. The number of ether oxygens (including phenoxy) is 6. The van der Waals surface area contributed by atoms with Gasteiger partial charge in [-0.15, -0.1) is 0 Å². The van der Waals surface area contributed by atoms with Crippen LogP contribution in [0.15, 0.2) is 96.6 Å². The molecule has 2 N–H and O–H groups in total. The normalized spacial score (nSPS) is 22.3. The molecular formula is C51H58N2O13. The zero-order chi connectivity index (χ0) is 47.4. The Morgan fingerprint density at radius 3 is 2.24 bits per heavy atom. The van der Waals surface area contributed by atoms with Crippen LogP contribution >= 0.6 is 0 Å². The predicted molar refractivity (Wildman–Crippen MR) is 239 cm³/mol. The molecule has 4 aliphatic rings. The van der Waals surface area contributed by atoms with E-state index < -0.39 is 95.6 Å². The van der Waals surface area contributed by atoms with Gasteiger partial charge in [-0.2, -0.15) is 0 Å². The van der Waals surface area contributed by atoms with Crippen LogP contribution in [0.5, 0.6) is 0 Å². The molecule has 2 fully saturated rings. The molecule has 66 heavy (non-hydrogen) atoms. The summed E-state index contributed by atoms with van der Waals surface area (Å²) in [6.45, 7) is 8.43. The Labute approximate surface area is 384 Å². The number of amides is 2. The summed E-state index contributed by atoms with van der Waals surface area (Å²) in [6.07, 6.45) is 1.43. The van der Waals surface area contributed by atoms with E-state index in [1.54, 1.807) is 65.0 Å². The number of nitrogens with zero attached hydrogens (tertiary/aromatic N) is 1. The number of esters is 4. The molecule has 2 heterocycles. The Balaban J connectivity index is 1.12. The quantitative estimate of drug-likeness (QED) is 0.118. The SMILES string of the molecule is CN(C(=O)C1=CC2OC3(Cc4ccccc4C3)OC2C(OC(=O)c2ccccc2C=CC(=O)OC2C(=O)OCC2(C)C)C1)C(Cc1ccccc1)C(=O)NC(CO)CCC(=O)OC(C)(C)C. The number of likely N-dealkylation sites (N-methyl/N-ethyl adjacent to an activating group) is 1. The van der Waals surface area contributed by atoms with E-state index in [9.17, 15) is 33.9 Å². The standard InChI is InChI=1S/C51H58N2O13/c1-49(2,3)65-42(56)23-21-36(29-54)52-45(57)38(24-31-14-8-7-9-15-31)53(6)46(58)35-25-39(43-40(26-35)64-51(66-43)27-33-17-10-11-18-34(33)28-51)62-47(59)37-19-13-12-16-32(37)20-22-41(55)63-44-48(60)61-30-50(44,4)5/h7-20,22,26,36,38-40,43-44,54H,21,23-25,27-30H2,1-6H3,(H,52,57). The van der Waals surface area contributed by atoms with Crippen molar-refractivity contribution in [1.29, 1.82) is 0 Å². The lowest BCUT2D eigenvalue weighted by Gasteiger charge is -2.34. The Morgan fingerprint density at radius 1 is 0.924 bits per heavy atom. The average Bonchev–Trinajstić information content (AvgIpc) is 3.92. The highest BCUT2D eigenvalue weighted by Gasteiger charge is 2.55. The van der Waals surface area contributed by atoms with Gasteiger partial charge in [0, 0.05) is 56.2 Å². The highest BCUT2D eigenvalue weighted by atomic mass is 16.8. The summed E-state index contributed by atoms with van der Waals surface area (Å²) in [5.41, 5.74) is 2.15. The van der Waals surface area contributed by atoms with Gasteiger partial charge in [-0.05, 0) is 67.7 Å². The molecule has 7 rings (SSSR count). The summed E-state index contributed by atoms with van der Waals surface area (Å²) < 4.78 is 35.6. The summed E-state index contributed by atoms with van der Waals surface area (Å²) in [5.74, 6) is -4.80. The number of aliphatic hydroxyl groups is 1. The summed E-state index contributed by atoms with van der Waals surface area (Å²) in [7, 11) is 1.52. The average molecular weight is 907 g/mol. The summed E-state index contributed by atoms with van der Waals surface area (Å²) in [5, 5.41) is 13.1. The Morgan fingerprint density at radius 2 is 1.59 bits per heavy atom. The number of carbonyl (C=O) groups is 6. The van der Waals surface area contributed by atoms with Crippen LogP contribution in [0.25, 0.3) is 6.08 Å².